The fourth-order valence-corrected chi connectivity index (χ4v) is 2.24. The first-order chi connectivity index (χ1) is 7.86. The fourth-order valence-electron chi connectivity index (χ4n) is 2.24. The van der Waals surface area contributed by atoms with Crippen molar-refractivity contribution in [2.24, 2.45) is 0 Å². The second-order valence-electron chi connectivity index (χ2n) is 3.68. The Hall–Kier alpha value is -2.58. The van der Waals surface area contributed by atoms with Crippen molar-refractivity contribution in [3.8, 4) is 12.1 Å². The Morgan fingerprint density at radius 3 is 1.56 bits per heavy atom. The second kappa shape index (κ2) is 2.95. The van der Waals surface area contributed by atoms with Gasteiger partial charge in [0.25, 0.3) is 0 Å². The van der Waals surface area contributed by atoms with E-state index < -0.39 is 0 Å². The average Bonchev–Trinajstić information content (AvgIpc) is 2.93. The molecule has 0 saturated carbocycles. The van der Waals surface area contributed by atoms with Crippen molar-refractivity contribution >= 4 is 24.3 Å². The Morgan fingerprint density at radius 2 is 1.19 bits per heavy atom. The van der Waals surface area contributed by atoms with Crippen LogP contribution in [-0.4, -0.2) is 0 Å². The van der Waals surface area contributed by atoms with Crippen molar-refractivity contribution < 1.29 is 0 Å². The third-order valence-corrected chi connectivity index (χ3v) is 2.93. The van der Waals surface area contributed by atoms with Gasteiger partial charge in [0.2, 0.25) is 0 Å². The molecule has 3 rings (SSSR count). The van der Waals surface area contributed by atoms with Crippen molar-refractivity contribution in [2.45, 2.75) is 0 Å². The minimum atomic E-state index is 0.666. The Kier molecular flexibility index (Phi) is 1.61. The monoisotopic (exact) mass is 202 g/mol. The molecule has 16 heavy (non-hydrogen) atoms. The molecule has 0 amide bonds. The highest BCUT2D eigenvalue weighted by atomic mass is 14.3. The number of allylic oxidation sites excluding steroid dienone is 2. The maximum absolute atomic E-state index is 9.20. The predicted octanol–water partition coefficient (Wildman–Crippen LogP) is 1.04. The third-order valence-electron chi connectivity index (χ3n) is 2.93. The maximum atomic E-state index is 9.20. The number of nitriles is 2. The summed E-state index contributed by atoms with van der Waals surface area (Å²) in [6, 6.07) is 4.45. The van der Waals surface area contributed by atoms with Gasteiger partial charge in [-0.05, 0) is 0 Å². The molecule has 2 nitrogen and oxygen atoms in total. The quantitative estimate of drug-likeness (QED) is 0.631. The van der Waals surface area contributed by atoms with Crippen LogP contribution in [0, 0.1) is 22.7 Å². The first-order valence-electron chi connectivity index (χ1n) is 4.94. The zero-order valence-electron chi connectivity index (χ0n) is 8.36. The highest BCUT2D eigenvalue weighted by molar-refractivity contribution is 5.81. The van der Waals surface area contributed by atoms with Crippen LogP contribution >= 0.6 is 0 Å². The molecular formula is C14H6N2. The summed E-state index contributed by atoms with van der Waals surface area (Å²) in [7, 11) is 0. The van der Waals surface area contributed by atoms with Crippen LogP contribution in [0.1, 0.15) is 22.3 Å². The molecule has 0 aromatic heterocycles. The highest BCUT2D eigenvalue weighted by Crippen LogP contribution is 2.15. The molecule has 1 aromatic carbocycles. The third kappa shape index (κ3) is 0.886. The summed E-state index contributed by atoms with van der Waals surface area (Å²) < 4.78 is 0. The lowest BCUT2D eigenvalue weighted by Crippen LogP contribution is -2.23. The first-order valence-corrected chi connectivity index (χ1v) is 4.94. The zero-order valence-corrected chi connectivity index (χ0v) is 8.36. The van der Waals surface area contributed by atoms with Crippen molar-refractivity contribution in [1.29, 1.82) is 10.5 Å². The van der Waals surface area contributed by atoms with Crippen LogP contribution in [0.15, 0.2) is 12.2 Å². The standard InChI is InChI=1S/C14H6N2/c15-7-13-9-3-1-4-10(9)14(8-16)12-6-2-5-11(12)13/h1-6H. The second-order valence-corrected chi connectivity index (χ2v) is 3.68. The lowest BCUT2D eigenvalue weighted by molar-refractivity contribution is 1.37. The summed E-state index contributed by atoms with van der Waals surface area (Å²) in [4.78, 5) is 0. The van der Waals surface area contributed by atoms with E-state index in [1.54, 1.807) is 0 Å². The lowest BCUT2D eigenvalue weighted by atomic mass is 9.96. The SMILES string of the molecule is N#Cc1c2c(c(C#N)c3c1=CC=C3)=CC=C2. The van der Waals surface area contributed by atoms with Gasteiger partial charge in [-0.3, -0.25) is 0 Å². The molecule has 2 aliphatic carbocycles. The molecule has 0 heterocycles. The topological polar surface area (TPSA) is 47.6 Å². The van der Waals surface area contributed by atoms with Crippen LogP contribution < -0.4 is 10.4 Å². The van der Waals surface area contributed by atoms with Crippen molar-refractivity contribution in [2.75, 3.05) is 0 Å². The van der Waals surface area contributed by atoms with Gasteiger partial charge in [-0.15, -0.1) is 0 Å². The van der Waals surface area contributed by atoms with Gasteiger partial charge in [0, 0.05) is 21.6 Å². The smallest absolute Gasteiger partial charge is 0.100 e. The summed E-state index contributed by atoms with van der Waals surface area (Å²) in [5, 5.41) is 20.1. The van der Waals surface area contributed by atoms with Crippen LogP contribution in [0.25, 0.3) is 24.3 Å². The molecule has 72 valence electrons. The first kappa shape index (κ1) is 8.71. The average molecular weight is 202 g/mol. The molecular weight excluding hydrogens is 196 g/mol. The van der Waals surface area contributed by atoms with E-state index in [1.165, 1.54) is 0 Å². The highest BCUT2D eigenvalue weighted by Gasteiger charge is 2.16. The number of hydrogen-bond acceptors (Lipinski definition) is 2. The fraction of sp³-hybridized carbons (Fsp3) is 0. The van der Waals surface area contributed by atoms with Crippen LogP contribution in [0.2, 0.25) is 0 Å². The van der Waals surface area contributed by atoms with Gasteiger partial charge >= 0.3 is 0 Å². The van der Waals surface area contributed by atoms with Gasteiger partial charge in [-0.2, -0.15) is 10.5 Å². The molecule has 0 fully saturated rings. The number of benzene rings is 1. The molecule has 0 spiro atoms. The number of fused-ring (bicyclic) bond motifs is 2. The summed E-state index contributed by atoms with van der Waals surface area (Å²) in [5.74, 6) is 0. The van der Waals surface area contributed by atoms with Crippen molar-refractivity contribution in [3.63, 3.8) is 0 Å². The number of rotatable bonds is 0. The summed E-state index contributed by atoms with van der Waals surface area (Å²) >= 11 is 0. The van der Waals surface area contributed by atoms with Crippen molar-refractivity contribution in [3.05, 3.63) is 44.8 Å². The van der Waals surface area contributed by atoms with Crippen LogP contribution in [0.3, 0.4) is 0 Å². The minimum absolute atomic E-state index is 0.666. The van der Waals surface area contributed by atoms with Gasteiger partial charge in [-0.25, -0.2) is 0 Å². The van der Waals surface area contributed by atoms with E-state index in [0.29, 0.717) is 11.1 Å². The Labute approximate surface area is 92.4 Å². The Bertz CT molecular complexity index is 695. The van der Waals surface area contributed by atoms with E-state index in [9.17, 15) is 10.5 Å². The van der Waals surface area contributed by atoms with Gasteiger partial charge in [0.05, 0.1) is 11.1 Å². The van der Waals surface area contributed by atoms with Crippen LogP contribution in [0.4, 0.5) is 0 Å². The van der Waals surface area contributed by atoms with Crippen LogP contribution in [0.5, 0.6) is 0 Å². The van der Waals surface area contributed by atoms with Crippen LogP contribution in [-0.2, 0) is 0 Å². The lowest BCUT2D eigenvalue weighted by Gasteiger charge is -2.04. The zero-order chi connectivity index (χ0) is 11.1. The molecule has 1 aromatic rings. The van der Waals surface area contributed by atoms with Gasteiger partial charge < -0.3 is 0 Å². The molecule has 0 atom stereocenters. The molecule has 0 saturated heterocycles. The maximum Gasteiger partial charge on any atom is 0.100 e. The summed E-state index contributed by atoms with van der Waals surface area (Å²) in [6.45, 7) is 0. The van der Waals surface area contributed by atoms with E-state index in [1.807, 2.05) is 36.5 Å². The Morgan fingerprint density at radius 1 is 0.750 bits per heavy atom. The molecule has 0 radical (unpaired) electrons. The molecule has 0 N–H and O–H groups in total. The largest absolute Gasteiger partial charge is 0.192 e. The van der Waals surface area contributed by atoms with Gasteiger partial charge in [-0.1, -0.05) is 36.5 Å². The predicted molar refractivity (Wildman–Crippen MR) is 62.1 cm³/mol. The van der Waals surface area contributed by atoms with E-state index in [-0.39, 0.29) is 0 Å². The molecule has 0 aliphatic heterocycles. The molecule has 0 unspecified atom stereocenters. The number of hydrogen-bond donors (Lipinski definition) is 0. The number of nitrogens with zero attached hydrogens (tertiary/aromatic N) is 2. The molecule has 0 bridgehead atoms. The summed E-state index contributed by atoms with van der Waals surface area (Å²) in [5.41, 5.74) is 3.08. The van der Waals surface area contributed by atoms with E-state index in [4.69, 9.17) is 0 Å². The minimum Gasteiger partial charge on any atom is -0.192 e. The van der Waals surface area contributed by atoms with E-state index >= 15 is 0 Å². The molecule has 2 heteroatoms. The summed E-state index contributed by atoms with van der Waals surface area (Å²) in [6.07, 6.45) is 11.3. The van der Waals surface area contributed by atoms with Gasteiger partial charge in [0.1, 0.15) is 12.1 Å². The molecule has 2 aliphatic rings. The normalized spacial score (nSPS) is 13.4. The Balaban J connectivity index is 2.64. The van der Waals surface area contributed by atoms with Gasteiger partial charge in [0.15, 0.2) is 0 Å². The van der Waals surface area contributed by atoms with Crippen molar-refractivity contribution in [1.82, 2.24) is 0 Å². The van der Waals surface area contributed by atoms with E-state index in [2.05, 4.69) is 12.1 Å². The van der Waals surface area contributed by atoms with E-state index in [0.717, 1.165) is 21.6 Å².